The van der Waals surface area contributed by atoms with E-state index in [1.54, 1.807) is 0 Å². The van der Waals surface area contributed by atoms with E-state index in [1.807, 2.05) is 0 Å². The summed E-state index contributed by atoms with van der Waals surface area (Å²) >= 11 is 0. The number of nitrogens with two attached hydrogens (primary N) is 1. The average molecular weight is 225 g/mol. The highest BCUT2D eigenvalue weighted by molar-refractivity contribution is 4.83. The van der Waals surface area contributed by atoms with Crippen LogP contribution >= 0.6 is 0 Å². The quantitative estimate of drug-likeness (QED) is 0.668. The number of hydrogen-bond acceptors (Lipinski definition) is 1. The van der Waals surface area contributed by atoms with Gasteiger partial charge in [-0.15, -0.1) is 0 Å². The van der Waals surface area contributed by atoms with E-state index in [2.05, 4.69) is 20.8 Å². The minimum absolute atomic E-state index is 0.497. The van der Waals surface area contributed by atoms with E-state index < -0.39 is 0 Å². The van der Waals surface area contributed by atoms with Gasteiger partial charge in [0, 0.05) is 6.04 Å². The van der Waals surface area contributed by atoms with Crippen molar-refractivity contribution in [3.8, 4) is 0 Å². The summed E-state index contributed by atoms with van der Waals surface area (Å²) in [5, 5.41) is 0. The second-order valence-corrected chi connectivity index (χ2v) is 6.09. The molecule has 3 unspecified atom stereocenters. The van der Waals surface area contributed by atoms with Crippen LogP contribution in [0.15, 0.2) is 0 Å². The summed E-state index contributed by atoms with van der Waals surface area (Å²) in [6.07, 6.45) is 10.9. The topological polar surface area (TPSA) is 26.0 Å². The minimum atomic E-state index is 0.497. The molecule has 96 valence electrons. The molecule has 1 saturated carbocycles. The largest absolute Gasteiger partial charge is 0.327 e. The van der Waals surface area contributed by atoms with Crippen LogP contribution in [0.3, 0.4) is 0 Å². The highest BCUT2D eigenvalue weighted by atomic mass is 14.7. The van der Waals surface area contributed by atoms with Gasteiger partial charge in [-0.05, 0) is 43.4 Å². The molecule has 0 aromatic heterocycles. The summed E-state index contributed by atoms with van der Waals surface area (Å²) in [4.78, 5) is 0. The molecule has 0 aromatic rings. The lowest BCUT2D eigenvalue weighted by atomic mass is 9.72. The standard InChI is InChI=1S/C15H31N/c1-4-5-6-7-8-14-11-13(12(2)3)9-10-15(14)16/h12-15H,4-11,16H2,1-3H3. The third-order valence-electron chi connectivity index (χ3n) is 4.45. The molecule has 2 N–H and O–H groups in total. The second-order valence-electron chi connectivity index (χ2n) is 6.09. The maximum Gasteiger partial charge on any atom is 0.00673 e. The Kier molecular flexibility index (Phi) is 6.41. The zero-order chi connectivity index (χ0) is 12.0. The third-order valence-corrected chi connectivity index (χ3v) is 4.45. The van der Waals surface area contributed by atoms with Crippen molar-refractivity contribution in [1.82, 2.24) is 0 Å². The predicted molar refractivity (Wildman–Crippen MR) is 72.4 cm³/mol. The van der Waals surface area contributed by atoms with E-state index in [0.29, 0.717) is 6.04 Å². The minimum Gasteiger partial charge on any atom is -0.327 e. The lowest BCUT2D eigenvalue weighted by molar-refractivity contribution is 0.179. The molecule has 0 aromatic carbocycles. The lowest BCUT2D eigenvalue weighted by Gasteiger charge is -2.36. The first-order valence-corrected chi connectivity index (χ1v) is 7.40. The van der Waals surface area contributed by atoms with Gasteiger partial charge in [0.15, 0.2) is 0 Å². The van der Waals surface area contributed by atoms with Gasteiger partial charge in [-0.3, -0.25) is 0 Å². The van der Waals surface area contributed by atoms with Crippen LogP contribution in [0.5, 0.6) is 0 Å². The molecule has 0 heterocycles. The molecule has 0 spiro atoms. The molecule has 3 atom stereocenters. The van der Waals surface area contributed by atoms with Gasteiger partial charge < -0.3 is 5.73 Å². The van der Waals surface area contributed by atoms with Crippen LogP contribution in [0.2, 0.25) is 0 Å². The normalized spacial score (nSPS) is 30.9. The van der Waals surface area contributed by atoms with Crippen LogP contribution in [-0.2, 0) is 0 Å². The number of rotatable bonds is 6. The maximum atomic E-state index is 6.26. The summed E-state index contributed by atoms with van der Waals surface area (Å²) in [7, 11) is 0. The van der Waals surface area contributed by atoms with Crippen LogP contribution in [0.4, 0.5) is 0 Å². The van der Waals surface area contributed by atoms with Crippen molar-refractivity contribution in [1.29, 1.82) is 0 Å². The van der Waals surface area contributed by atoms with Gasteiger partial charge in [0.2, 0.25) is 0 Å². The molecule has 1 nitrogen and oxygen atoms in total. The summed E-state index contributed by atoms with van der Waals surface area (Å²) in [6.45, 7) is 7.02. The first-order chi connectivity index (χ1) is 7.65. The Labute approximate surface area is 102 Å². The Morgan fingerprint density at radius 2 is 1.88 bits per heavy atom. The fraction of sp³-hybridized carbons (Fsp3) is 1.00. The number of hydrogen-bond donors (Lipinski definition) is 1. The Bertz CT molecular complexity index is 176. The molecule has 1 heteroatoms. The Morgan fingerprint density at radius 1 is 1.12 bits per heavy atom. The van der Waals surface area contributed by atoms with Crippen LogP contribution < -0.4 is 5.73 Å². The van der Waals surface area contributed by atoms with E-state index in [9.17, 15) is 0 Å². The van der Waals surface area contributed by atoms with Gasteiger partial charge in [0.25, 0.3) is 0 Å². The summed E-state index contributed by atoms with van der Waals surface area (Å²) in [5.41, 5.74) is 6.26. The van der Waals surface area contributed by atoms with Gasteiger partial charge >= 0.3 is 0 Å². The SMILES string of the molecule is CCCCCCC1CC(C(C)C)CCC1N. The molecule has 16 heavy (non-hydrogen) atoms. The first-order valence-electron chi connectivity index (χ1n) is 7.40. The highest BCUT2D eigenvalue weighted by Crippen LogP contribution is 2.35. The first kappa shape index (κ1) is 14.0. The van der Waals surface area contributed by atoms with Gasteiger partial charge in [-0.1, -0.05) is 46.5 Å². The third kappa shape index (κ3) is 4.45. The monoisotopic (exact) mass is 225 g/mol. The molecule has 1 aliphatic rings. The molecular weight excluding hydrogens is 194 g/mol. The van der Waals surface area contributed by atoms with Crippen LogP contribution in [0.25, 0.3) is 0 Å². The molecule has 1 rings (SSSR count). The molecule has 0 amide bonds. The van der Waals surface area contributed by atoms with Gasteiger partial charge in [-0.2, -0.15) is 0 Å². The lowest BCUT2D eigenvalue weighted by Crippen LogP contribution is -2.37. The van der Waals surface area contributed by atoms with Gasteiger partial charge in [-0.25, -0.2) is 0 Å². The fourth-order valence-corrected chi connectivity index (χ4v) is 3.09. The molecule has 1 fully saturated rings. The Hall–Kier alpha value is -0.0400. The van der Waals surface area contributed by atoms with Gasteiger partial charge in [0.1, 0.15) is 0 Å². The summed E-state index contributed by atoms with van der Waals surface area (Å²) < 4.78 is 0. The Balaban J connectivity index is 2.26. The van der Waals surface area contributed by atoms with E-state index >= 15 is 0 Å². The maximum absolute atomic E-state index is 6.26. The predicted octanol–water partition coefficient (Wildman–Crippen LogP) is 4.36. The van der Waals surface area contributed by atoms with Crippen LogP contribution in [-0.4, -0.2) is 6.04 Å². The smallest absolute Gasteiger partial charge is 0.00673 e. The van der Waals surface area contributed by atoms with E-state index in [4.69, 9.17) is 5.73 Å². The number of unbranched alkanes of at least 4 members (excludes halogenated alkanes) is 3. The van der Waals surface area contributed by atoms with Crippen molar-refractivity contribution in [2.24, 2.45) is 23.5 Å². The van der Waals surface area contributed by atoms with Crippen LogP contribution in [0.1, 0.15) is 72.1 Å². The van der Waals surface area contributed by atoms with Crippen molar-refractivity contribution in [3.05, 3.63) is 0 Å². The van der Waals surface area contributed by atoms with Crippen LogP contribution in [0, 0.1) is 17.8 Å². The van der Waals surface area contributed by atoms with E-state index in [0.717, 1.165) is 17.8 Å². The molecule has 0 bridgehead atoms. The second kappa shape index (κ2) is 7.32. The molecule has 0 aliphatic heterocycles. The molecular formula is C15H31N. The van der Waals surface area contributed by atoms with Gasteiger partial charge in [0.05, 0.1) is 0 Å². The average Bonchev–Trinajstić information content (AvgIpc) is 2.26. The molecule has 0 saturated heterocycles. The van der Waals surface area contributed by atoms with Crippen molar-refractivity contribution in [2.45, 2.75) is 78.2 Å². The summed E-state index contributed by atoms with van der Waals surface area (Å²) in [6, 6.07) is 0.497. The Morgan fingerprint density at radius 3 is 2.50 bits per heavy atom. The van der Waals surface area contributed by atoms with Crippen molar-refractivity contribution in [3.63, 3.8) is 0 Å². The summed E-state index contributed by atoms with van der Waals surface area (Å²) in [5.74, 6) is 2.61. The zero-order valence-corrected chi connectivity index (χ0v) is 11.5. The zero-order valence-electron chi connectivity index (χ0n) is 11.5. The van der Waals surface area contributed by atoms with E-state index in [1.165, 1.54) is 51.4 Å². The van der Waals surface area contributed by atoms with Crippen molar-refractivity contribution >= 4 is 0 Å². The highest BCUT2D eigenvalue weighted by Gasteiger charge is 2.28. The molecule has 1 aliphatic carbocycles. The van der Waals surface area contributed by atoms with Crippen molar-refractivity contribution < 1.29 is 0 Å². The van der Waals surface area contributed by atoms with E-state index in [-0.39, 0.29) is 0 Å². The molecule has 0 radical (unpaired) electrons. The fourth-order valence-electron chi connectivity index (χ4n) is 3.09. The van der Waals surface area contributed by atoms with Crippen molar-refractivity contribution in [2.75, 3.05) is 0 Å².